The molecule has 0 saturated carbocycles. The summed E-state index contributed by atoms with van der Waals surface area (Å²) in [4.78, 5) is 17.5. The number of fused-ring (bicyclic) bond motifs is 1. The van der Waals surface area contributed by atoms with Gasteiger partial charge in [0.25, 0.3) is 5.91 Å². The van der Waals surface area contributed by atoms with E-state index < -0.39 is 17.2 Å². The summed E-state index contributed by atoms with van der Waals surface area (Å²) >= 11 is 5.10. The van der Waals surface area contributed by atoms with Gasteiger partial charge >= 0.3 is 0 Å². The van der Waals surface area contributed by atoms with E-state index in [0.717, 1.165) is 0 Å². The maximum absolute atomic E-state index is 13.6. The fourth-order valence-electron chi connectivity index (χ4n) is 3.83. The van der Waals surface area contributed by atoms with Crippen molar-refractivity contribution in [1.82, 2.24) is 10.3 Å². The molecule has 10 heteroatoms. The zero-order valence-corrected chi connectivity index (χ0v) is 22.2. The number of furan rings is 1. The van der Waals surface area contributed by atoms with E-state index in [-0.39, 0.29) is 11.1 Å². The first-order valence-electron chi connectivity index (χ1n) is 11.4. The van der Waals surface area contributed by atoms with Crippen LogP contribution in [-0.4, -0.2) is 42.4 Å². The van der Waals surface area contributed by atoms with Gasteiger partial charge < -0.3 is 19.0 Å². The third-order valence-electron chi connectivity index (χ3n) is 5.76. The van der Waals surface area contributed by atoms with E-state index in [4.69, 9.17) is 20.8 Å². The molecule has 4 rings (SSSR count). The molecule has 1 N–H and O–H groups in total. The van der Waals surface area contributed by atoms with Crippen LogP contribution >= 0.6 is 11.6 Å². The van der Waals surface area contributed by atoms with E-state index >= 15 is 0 Å². The van der Waals surface area contributed by atoms with Gasteiger partial charge in [-0.3, -0.25) is 4.79 Å². The molecule has 1 amide bonds. The maximum Gasteiger partial charge on any atom is 0.255 e. The Morgan fingerprint density at radius 3 is 2.62 bits per heavy atom. The number of hydrogen-bond acceptors (Lipinski definition) is 6. The average molecular weight is 542 g/mol. The molecule has 1 unspecified atom stereocenters. The Balaban J connectivity index is 1.97. The molecule has 0 aliphatic heterocycles. The Hall–Kier alpha value is -3.53. The third kappa shape index (κ3) is 5.44. The summed E-state index contributed by atoms with van der Waals surface area (Å²) in [6, 6.07) is 12.8. The van der Waals surface area contributed by atoms with Crippen molar-refractivity contribution in [2.45, 2.75) is 6.92 Å². The molecule has 2 aromatic carbocycles. The summed E-state index contributed by atoms with van der Waals surface area (Å²) in [6.45, 7) is 2.41. The summed E-state index contributed by atoms with van der Waals surface area (Å²) in [5, 5.41) is 3.42. The molecular weight excluding hydrogens is 517 g/mol. The number of pyridine rings is 1. The van der Waals surface area contributed by atoms with Crippen molar-refractivity contribution in [3.05, 3.63) is 76.9 Å². The third-order valence-corrected chi connectivity index (χ3v) is 7.03. The van der Waals surface area contributed by atoms with Gasteiger partial charge in [0, 0.05) is 35.2 Å². The van der Waals surface area contributed by atoms with Gasteiger partial charge in [0.15, 0.2) is 0 Å². The summed E-state index contributed by atoms with van der Waals surface area (Å²) in [5.41, 5.74) is 3.58. The number of aromatic nitrogens is 1. The lowest BCUT2D eigenvalue weighted by atomic mass is 10.0. The van der Waals surface area contributed by atoms with Gasteiger partial charge in [-0.1, -0.05) is 11.6 Å². The zero-order chi connectivity index (χ0) is 26.7. The molecule has 0 fully saturated rings. The van der Waals surface area contributed by atoms with Gasteiger partial charge in [-0.15, -0.1) is 0 Å². The Morgan fingerprint density at radius 1 is 1.27 bits per heavy atom. The van der Waals surface area contributed by atoms with E-state index in [0.29, 0.717) is 57.0 Å². The minimum Gasteiger partial charge on any atom is -0.593 e. The molecule has 0 bridgehead atoms. The van der Waals surface area contributed by atoms with Crippen LogP contribution in [0.1, 0.15) is 22.8 Å². The number of carbonyl (C=O) groups is 1. The fourth-order valence-corrected chi connectivity index (χ4v) is 4.47. The molecule has 2 heterocycles. The normalized spacial score (nSPS) is 12.2. The van der Waals surface area contributed by atoms with Crippen molar-refractivity contribution >= 4 is 51.6 Å². The van der Waals surface area contributed by atoms with Gasteiger partial charge in [0.05, 0.1) is 48.2 Å². The number of ether oxygens (including phenoxy) is 1. The van der Waals surface area contributed by atoms with E-state index in [9.17, 15) is 13.7 Å². The van der Waals surface area contributed by atoms with E-state index in [1.54, 1.807) is 66.3 Å². The highest BCUT2D eigenvalue weighted by atomic mass is 35.5. The Bertz CT molecular complexity index is 1470. The Labute approximate surface area is 222 Å². The standard InChI is InChI=1S/C27H25ClFN3O4S/c1-5-35-13-12-17-8-11-21(31-26(17)28)19-14-20-23(15-22(19)32(3)37(4)34)36-25(24(20)27(33)30-2)16-6-9-18(29)10-7-16/h6-15H,5H2,1-4H3,(H,30,33)/b13-12+. The highest BCUT2D eigenvalue weighted by molar-refractivity contribution is 7.92. The van der Waals surface area contributed by atoms with Crippen LogP contribution in [0.25, 0.3) is 39.6 Å². The van der Waals surface area contributed by atoms with E-state index in [1.165, 1.54) is 19.2 Å². The summed E-state index contributed by atoms with van der Waals surface area (Å²) in [6.07, 6.45) is 4.82. The van der Waals surface area contributed by atoms with Crippen LogP contribution in [0.5, 0.6) is 0 Å². The van der Waals surface area contributed by atoms with Crippen LogP contribution in [0.3, 0.4) is 0 Å². The van der Waals surface area contributed by atoms with E-state index in [1.807, 2.05) is 6.92 Å². The molecule has 0 radical (unpaired) electrons. The number of nitrogens with zero attached hydrogens (tertiary/aromatic N) is 2. The number of carbonyl (C=O) groups excluding carboxylic acids is 1. The molecule has 192 valence electrons. The van der Waals surface area contributed by atoms with Crippen molar-refractivity contribution < 1.29 is 22.9 Å². The molecule has 37 heavy (non-hydrogen) atoms. The zero-order valence-electron chi connectivity index (χ0n) is 20.7. The lowest BCUT2D eigenvalue weighted by molar-refractivity contribution is 0.0964. The monoisotopic (exact) mass is 541 g/mol. The minimum atomic E-state index is -1.37. The first kappa shape index (κ1) is 26.5. The summed E-state index contributed by atoms with van der Waals surface area (Å²) in [5.74, 6) is -0.479. The van der Waals surface area contributed by atoms with Crippen LogP contribution < -0.4 is 9.62 Å². The number of hydrogen-bond donors (Lipinski definition) is 1. The van der Waals surface area contributed by atoms with Crippen molar-refractivity contribution in [3.63, 3.8) is 0 Å². The van der Waals surface area contributed by atoms with Crippen LogP contribution in [0.15, 0.2) is 59.2 Å². The second kappa shape index (κ2) is 11.2. The molecule has 2 aromatic heterocycles. The SMILES string of the molecule is CCO/C=C/c1ccc(-c2cc3c(C(=O)NC)c(-c4ccc(F)cc4)oc3cc2N(C)[S+](C)[O-])nc1Cl. The highest BCUT2D eigenvalue weighted by Gasteiger charge is 2.26. The van der Waals surface area contributed by atoms with Crippen molar-refractivity contribution in [2.24, 2.45) is 0 Å². The lowest BCUT2D eigenvalue weighted by Crippen LogP contribution is -2.25. The highest BCUT2D eigenvalue weighted by Crippen LogP contribution is 2.41. The quantitative estimate of drug-likeness (QED) is 0.166. The van der Waals surface area contributed by atoms with Crippen molar-refractivity contribution in [3.8, 4) is 22.6 Å². The average Bonchev–Trinajstić information content (AvgIpc) is 3.26. The van der Waals surface area contributed by atoms with Crippen LogP contribution in [-0.2, 0) is 16.1 Å². The molecule has 1 atom stereocenters. The molecule has 4 aromatic rings. The number of benzene rings is 2. The molecular formula is C27H25ClFN3O4S. The topological polar surface area (TPSA) is 90.7 Å². The van der Waals surface area contributed by atoms with Crippen molar-refractivity contribution in [2.75, 3.05) is 31.3 Å². The predicted molar refractivity (Wildman–Crippen MR) is 146 cm³/mol. The summed E-state index contributed by atoms with van der Waals surface area (Å²) in [7, 11) is 3.21. The maximum atomic E-state index is 13.6. The molecule has 7 nitrogen and oxygen atoms in total. The molecule has 0 aliphatic carbocycles. The molecule has 0 aliphatic rings. The number of anilines is 1. The van der Waals surface area contributed by atoms with Gasteiger partial charge in [0.2, 0.25) is 0 Å². The van der Waals surface area contributed by atoms with Gasteiger partial charge in [-0.2, -0.15) is 4.31 Å². The fraction of sp³-hybridized carbons (Fsp3) is 0.185. The second-order valence-electron chi connectivity index (χ2n) is 8.01. The molecule has 0 spiro atoms. The second-order valence-corrected chi connectivity index (χ2v) is 9.77. The van der Waals surface area contributed by atoms with Crippen molar-refractivity contribution in [1.29, 1.82) is 0 Å². The first-order chi connectivity index (χ1) is 17.7. The van der Waals surface area contributed by atoms with Crippen LogP contribution in [0.2, 0.25) is 5.15 Å². The Morgan fingerprint density at radius 2 is 2.00 bits per heavy atom. The number of halogens is 2. The Kier molecular flexibility index (Phi) is 8.06. The number of nitrogens with one attached hydrogen (secondary N) is 1. The molecule has 0 saturated heterocycles. The van der Waals surface area contributed by atoms with Crippen LogP contribution in [0, 0.1) is 5.82 Å². The lowest BCUT2D eigenvalue weighted by Gasteiger charge is -2.21. The minimum absolute atomic E-state index is 0.255. The number of rotatable bonds is 8. The van der Waals surface area contributed by atoms with Gasteiger partial charge in [-0.05, 0) is 55.5 Å². The van der Waals surface area contributed by atoms with E-state index in [2.05, 4.69) is 10.3 Å². The van der Waals surface area contributed by atoms with Crippen LogP contribution in [0.4, 0.5) is 10.1 Å². The van der Waals surface area contributed by atoms with Gasteiger partial charge in [-0.25, -0.2) is 9.37 Å². The summed E-state index contributed by atoms with van der Waals surface area (Å²) < 4.78 is 39.0. The number of amides is 1. The smallest absolute Gasteiger partial charge is 0.255 e. The van der Waals surface area contributed by atoms with Gasteiger partial charge in [0.1, 0.15) is 28.6 Å². The predicted octanol–water partition coefficient (Wildman–Crippen LogP) is 6.05. The largest absolute Gasteiger partial charge is 0.593 e. The first-order valence-corrected chi connectivity index (χ1v) is 13.2.